The SMILES string of the molecule is Cc1ccccc1/C=C/C(=O)NCC1CCN(C(=O)CC#N)CC1. The van der Waals surface area contributed by atoms with E-state index < -0.39 is 0 Å². The topological polar surface area (TPSA) is 73.2 Å². The average molecular weight is 325 g/mol. The Morgan fingerprint density at radius 3 is 2.71 bits per heavy atom. The van der Waals surface area contributed by atoms with Crippen LogP contribution in [0.25, 0.3) is 6.08 Å². The maximum Gasteiger partial charge on any atom is 0.244 e. The van der Waals surface area contributed by atoms with Crippen LogP contribution in [-0.2, 0) is 9.59 Å². The number of carbonyl (C=O) groups excluding carboxylic acids is 2. The van der Waals surface area contributed by atoms with Crippen LogP contribution in [-0.4, -0.2) is 36.3 Å². The van der Waals surface area contributed by atoms with Crippen molar-refractivity contribution in [1.29, 1.82) is 5.26 Å². The lowest BCUT2D eigenvalue weighted by Gasteiger charge is -2.31. The third kappa shape index (κ3) is 5.24. The van der Waals surface area contributed by atoms with Gasteiger partial charge in [0.2, 0.25) is 11.8 Å². The second kappa shape index (κ2) is 8.88. The van der Waals surface area contributed by atoms with Crippen molar-refractivity contribution in [2.45, 2.75) is 26.2 Å². The van der Waals surface area contributed by atoms with E-state index in [1.807, 2.05) is 43.3 Å². The molecule has 1 aliphatic rings. The fraction of sp³-hybridized carbons (Fsp3) is 0.421. The lowest BCUT2D eigenvalue weighted by Crippen LogP contribution is -2.41. The van der Waals surface area contributed by atoms with Crippen molar-refractivity contribution in [2.24, 2.45) is 5.92 Å². The number of carbonyl (C=O) groups is 2. The van der Waals surface area contributed by atoms with Gasteiger partial charge in [-0.1, -0.05) is 24.3 Å². The van der Waals surface area contributed by atoms with Crippen LogP contribution in [0.5, 0.6) is 0 Å². The van der Waals surface area contributed by atoms with Gasteiger partial charge in [-0.15, -0.1) is 0 Å². The third-order valence-corrected chi connectivity index (χ3v) is 4.37. The van der Waals surface area contributed by atoms with Gasteiger partial charge in [-0.3, -0.25) is 9.59 Å². The summed E-state index contributed by atoms with van der Waals surface area (Å²) in [4.78, 5) is 25.3. The number of nitrogens with one attached hydrogen (secondary N) is 1. The van der Waals surface area contributed by atoms with Crippen molar-refractivity contribution in [3.05, 3.63) is 41.5 Å². The first-order valence-electron chi connectivity index (χ1n) is 8.26. The molecular formula is C19H23N3O2. The number of benzene rings is 1. The van der Waals surface area contributed by atoms with Gasteiger partial charge < -0.3 is 10.2 Å². The first-order valence-corrected chi connectivity index (χ1v) is 8.26. The molecule has 1 heterocycles. The quantitative estimate of drug-likeness (QED) is 0.844. The summed E-state index contributed by atoms with van der Waals surface area (Å²) in [5.41, 5.74) is 2.17. The molecule has 0 aliphatic carbocycles. The molecule has 0 spiro atoms. The molecule has 1 aromatic rings. The summed E-state index contributed by atoms with van der Waals surface area (Å²) in [6, 6.07) is 9.81. The normalized spacial score (nSPS) is 15.2. The number of aryl methyl sites for hydroxylation is 1. The van der Waals surface area contributed by atoms with Gasteiger partial charge >= 0.3 is 0 Å². The highest BCUT2D eigenvalue weighted by molar-refractivity contribution is 5.91. The van der Waals surface area contributed by atoms with E-state index in [0.717, 1.165) is 24.0 Å². The molecule has 0 saturated carbocycles. The predicted octanol–water partition coefficient (Wildman–Crippen LogP) is 2.28. The highest BCUT2D eigenvalue weighted by Gasteiger charge is 2.22. The Balaban J connectivity index is 1.73. The summed E-state index contributed by atoms with van der Waals surface area (Å²) < 4.78 is 0. The van der Waals surface area contributed by atoms with Crippen LogP contribution in [0, 0.1) is 24.2 Å². The molecule has 2 amide bonds. The molecule has 1 saturated heterocycles. The number of nitriles is 1. The first-order chi connectivity index (χ1) is 11.6. The van der Waals surface area contributed by atoms with Crippen LogP contribution < -0.4 is 5.32 Å². The van der Waals surface area contributed by atoms with E-state index in [4.69, 9.17) is 5.26 Å². The minimum Gasteiger partial charge on any atom is -0.352 e. The Morgan fingerprint density at radius 1 is 1.33 bits per heavy atom. The highest BCUT2D eigenvalue weighted by Crippen LogP contribution is 2.17. The van der Waals surface area contributed by atoms with Gasteiger partial charge in [-0.05, 0) is 42.9 Å². The van der Waals surface area contributed by atoms with E-state index >= 15 is 0 Å². The van der Waals surface area contributed by atoms with Crippen LogP contribution in [0.1, 0.15) is 30.4 Å². The molecular weight excluding hydrogens is 302 g/mol. The van der Waals surface area contributed by atoms with Gasteiger partial charge in [0.05, 0.1) is 6.07 Å². The zero-order chi connectivity index (χ0) is 17.4. The summed E-state index contributed by atoms with van der Waals surface area (Å²) in [6.07, 6.45) is 5.06. The summed E-state index contributed by atoms with van der Waals surface area (Å²) >= 11 is 0. The van der Waals surface area contributed by atoms with E-state index in [1.54, 1.807) is 11.0 Å². The molecule has 1 N–H and O–H groups in total. The third-order valence-electron chi connectivity index (χ3n) is 4.37. The van der Waals surface area contributed by atoms with Gasteiger partial charge in [0, 0.05) is 25.7 Å². The van der Waals surface area contributed by atoms with Crippen LogP contribution >= 0.6 is 0 Å². The molecule has 1 aromatic carbocycles. The second-order valence-electron chi connectivity index (χ2n) is 6.09. The summed E-state index contributed by atoms with van der Waals surface area (Å²) in [7, 11) is 0. The van der Waals surface area contributed by atoms with Crippen molar-refractivity contribution in [1.82, 2.24) is 10.2 Å². The largest absolute Gasteiger partial charge is 0.352 e. The Morgan fingerprint density at radius 2 is 2.04 bits per heavy atom. The molecule has 0 atom stereocenters. The standard InChI is InChI=1S/C19H23N3O2/c1-15-4-2-3-5-17(15)6-7-18(23)21-14-16-9-12-22(13-10-16)19(24)8-11-20/h2-7,16H,8-10,12-14H2,1H3,(H,21,23)/b7-6+. The zero-order valence-corrected chi connectivity index (χ0v) is 14.0. The number of hydrogen-bond donors (Lipinski definition) is 1. The number of nitrogens with zero attached hydrogens (tertiary/aromatic N) is 2. The Kier molecular flexibility index (Phi) is 6.56. The summed E-state index contributed by atoms with van der Waals surface area (Å²) in [5.74, 6) is 0.189. The lowest BCUT2D eigenvalue weighted by atomic mass is 9.96. The molecule has 0 bridgehead atoms. The first kappa shape index (κ1) is 17.7. The van der Waals surface area contributed by atoms with Gasteiger partial charge in [0.15, 0.2) is 0 Å². The Labute approximate surface area is 143 Å². The van der Waals surface area contributed by atoms with Crippen LogP contribution in [0.3, 0.4) is 0 Å². The molecule has 0 unspecified atom stereocenters. The summed E-state index contributed by atoms with van der Waals surface area (Å²) in [6.45, 7) is 3.97. The van der Waals surface area contributed by atoms with E-state index in [-0.39, 0.29) is 18.2 Å². The molecule has 5 nitrogen and oxygen atoms in total. The fourth-order valence-electron chi connectivity index (χ4n) is 2.81. The number of amides is 2. The van der Waals surface area contributed by atoms with Crippen molar-refractivity contribution >= 4 is 17.9 Å². The molecule has 24 heavy (non-hydrogen) atoms. The maximum atomic E-state index is 11.9. The fourth-order valence-corrected chi connectivity index (χ4v) is 2.81. The van der Waals surface area contributed by atoms with Crippen LogP contribution in [0.15, 0.2) is 30.3 Å². The van der Waals surface area contributed by atoms with E-state index in [1.165, 1.54) is 0 Å². The molecule has 0 aromatic heterocycles. The molecule has 5 heteroatoms. The highest BCUT2D eigenvalue weighted by atomic mass is 16.2. The van der Waals surface area contributed by atoms with E-state index in [0.29, 0.717) is 25.6 Å². The molecule has 1 aliphatic heterocycles. The lowest BCUT2D eigenvalue weighted by molar-refractivity contribution is -0.131. The van der Waals surface area contributed by atoms with Crippen LogP contribution in [0.2, 0.25) is 0 Å². The molecule has 0 radical (unpaired) electrons. The number of hydrogen-bond acceptors (Lipinski definition) is 3. The van der Waals surface area contributed by atoms with Crippen molar-refractivity contribution in [3.8, 4) is 6.07 Å². The van der Waals surface area contributed by atoms with E-state index in [2.05, 4.69) is 5.32 Å². The maximum absolute atomic E-state index is 11.9. The number of piperidine rings is 1. The molecule has 126 valence electrons. The monoisotopic (exact) mass is 325 g/mol. The molecule has 2 rings (SSSR count). The summed E-state index contributed by atoms with van der Waals surface area (Å²) in [5, 5.41) is 11.5. The predicted molar refractivity (Wildman–Crippen MR) is 92.8 cm³/mol. The number of likely N-dealkylation sites (tertiary alicyclic amines) is 1. The second-order valence-corrected chi connectivity index (χ2v) is 6.09. The minimum atomic E-state index is -0.0962. The van der Waals surface area contributed by atoms with Gasteiger partial charge in [-0.2, -0.15) is 5.26 Å². The van der Waals surface area contributed by atoms with Gasteiger partial charge in [0.1, 0.15) is 6.42 Å². The number of rotatable bonds is 5. The molecule has 1 fully saturated rings. The Bertz CT molecular complexity index is 653. The van der Waals surface area contributed by atoms with Crippen molar-refractivity contribution in [3.63, 3.8) is 0 Å². The Hall–Kier alpha value is -2.61. The minimum absolute atomic E-state index is 0.0505. The van der Waals surface area contributed by atoms with Crippen molar-refractivity contribution in [2.75, 3.05) is 19.6 Å². The average Bonchev–Trinajstić information content (AvgIpc) is 2.60. The van der Waals surface area contributed by atoms with Gasteiger partial charge in [0.25, 0.3) is 0 Å². The van der Waals surface area contributed by atoms with Gasteiger partial charge in [-0.25, -0.2) is 0 Å². The van der Waals surface area contributed by atoms with E-state index in [9.17, 15) is 9.59 Å². The smallest absolute Gasteiger partial charge is 0.244 e. The zero-order valence-electron chi connectivity index (χ0n) is 14.0. The van der Waals surface area contributed by atoms with Crippen molar-refractivity contribution < 1.29 is 9.59 Å². The van der Waals surface area contributed by atoms with Crippen LogP contribution in [0.4, 0.5) is 0 Å².